The van der Waals surface area contributed by atoms with E-state index in [-0.39, 0.29) is 29.7 Å². The predicted octanol–water partition coefficient (Wildman–Crippen LogP) is 1.58. The summed E-state index contributed by atoms with van der Waals surface area (Å²) in [6, 6.07) is 3.20. The second-order valence-corrected chi connectivity index (χ2v) is 6.26. The number of nitrogens with zero attached hydrogens (tertiary/aromatic N) is 1. The van der Waals surface area contributed by atoms with Gasteiger partial charge in [0.25, 0.3) is 5.91 Å². The highest BCUT2D eigenvalue weighted by Crippen LogP contribution is 2.07. The zero-order valence-electron chi connectivity index (χ0n) is 15.5. The normalized spacial score (nSPS) is 11.3. The van der Waals surface area contributed by atoms with Crippen molar-refractivity contribution < 1.29 is 18.7 Å². The summed E-state index contributed by atoms with van der Waals surface area (Å²) in [6.45, 7) is 6.90. The van der Waals surface area contributed by atoms with E-state index < -0.39 is 17.6 Å². The van der Waals surface area contributed by atoms with Crippen LogP contribution < -0.4 is 21.7 Å². The third-order valence-corrected chi connectivity index (χ3v) is 2.87. The first-order valence-electron chi connectivity index (χ1n) is 8.01. The average molecular weight is 481 g/mol. The van der Waals surface area contributed by atoms with Gasteiger partial charge in [-0.3, -0.25) is 9.79 Å². The van der Waals surface area contributed by atoms with Crippen LogP contribution in [0.4, 0.5) is 4.79 Å². The number of halogens is 1. The van der Waals surface area contributed by atoms with Gasteiger partial charge in [0.05, 0.1) is 6.54 Å². The lowest BCUT2D eigenvalue weighted by Gasteiger charge is -2.19. The van der Waals surface area contributed by atoms with Crippen LogP contribution >= 0.6 is 24.0 Å². The van der Waals surface area contributed by atoms with E-state index in [0.717, 1.165) is 0 Å². The summed E-state index contributed by atoms with van der Waals surface area (Å²) in [5.41, 5.74) is 4.62. The van der Waals surface area contributed by atoms with Gasteiger partial charge in [0.2, 0.25) is 0 Å². The second kappa shape index (κ2) is 11.6. The zero-order valence-corrected chi connectivity index (χ0v) is 17.9. The Hall–Kier alpha value is -1.98. The molecule has 0 bridgehead atoms. The molecule has 0 atom stereocenters. The Morgan fingerprint density at radius 3 is 2.38 bits per heavy atom. The molecule has 1 rings (SSSR count). The van der Waals surface area contributed by atoms with Crippen LogP contribution in [0.5, 0.6) is 0 Å². The number of rotatable bonds is 7. The van der Waals surface area contributed by atoms with Gasteiger partial charge in [-0.05, 0) is 39.3 Å². The first kappa shape index (κ1) is 24.0. The molecular formula is C16H28IN5O4. The number of aliphatic imine (C=N–C) groups is 1. The third-order valence-electron chi connectivity index (χ3n) is 2.87. The van der Waals surface area contributed by atoms with Gasteiger partial charge in [-0.2, -0.15) is 0 Å². The predicted molar refractivity (Wildman–Crippen MR) is 110 cm³/mol. The molecule has 0 unspecified atom stereocenters. The molecule has 148 valence electrons. The van der Waals surface area contributed by atoms with Gasteiger partial charge in [0.1, 0.15) is 11.4 Å². The van der Waals surface area contributed by atoms with Crippen molar-refractivity contribution in [2.45, 2.75) is 39.3 Å². The summed E-state index contributed by atoms with van der Waals surface area (Å²) in [4.78, 5) is 26.5. The molecule has 0 fully saturated rings. The molecule has 1 heterocycles. The number of hydrogen-bond acceptors (Lipinski definition) is 5. The van der Waals surface area contributed by atoms with Crippen molar-refractivity contribution in [1.29, 1.82) is 0 Å². The molecule has 0 spiro atoms. The molecule has 1 aromatic rings. The third kappa shape index (κ3) is 10.1. The Balaban J connectivity index is 0.00000625. The summed E-state index contributed by atoms with van der Waals surface area (Å²) in [6.07, 6.45) is 0.269. The number of amides is 2. The maximum absolute atomic E-state index is 11.5. The Bertz CT molecular complexity index is 610. The van der Waals surface area contributed by atoms with Crippen molar-refractivity contribution in [2.24, 2.45) is 10.7 Å². The number of ether oxygens (including phenoxy) is 1. The second-order valence-electron chi connectivity index (χ2n) is 6.26. The smallest absolute Gasteiger partial charge is 0.407 e. The molecule has 0 aliphatic rings. The van der Waals surface area contributed by atoms with Gasteiger partial charge in [-0.25, -0.2) is 4.79 Å². The number of alkyl carbamates (subject to hydrolysis) is 1. The molecule has 1 aromatic heterocycles. The van der Waals surface area contributed by atoms with Crippen molar-refractivity contribution in [2.75, 3.05) is 20.1 Å². The van der Waals surface area contributed by atoms with Crippen molar-refractivity contribution in [3.05, 3.63) is 23.7 Å². The van der Waals surface area contributed by atoms with Crippen molar-refractivity contribution in [3.63, 3.8) is 0 Å². The Morgan fingerprint density at radius 2 is 1.85 bits per heavy atom. The highest BCUT2D eigenvalue weighted by molar-refractivity contribution is 14.0. The molecule has 0 aliphatic heterocycles. The van der Waals surface area contributed by atoms with Crippen LogP contribution in [0.1, 0.15) is 43.5 Å². The maximum Gasteiger partial charge on any atom is 0.407 e. The summed E-state index contributed by atoms with van der Waals surface area (Å²) in [5.74, 6) is 0.664. The van der Waals surface area contributed by atoms with E-state index in [1.165, 1.54) is 6.07 Å². The number of carbonyl (C=O) groups is 2. The maximum atomic E-state index is 11.5. The summed E-state index contributed by atoms with van der Waals surface area (Å²) in [5, 5.41) is 8.84. The Labute approximate surface area is 170 Å². The van der Waals surface area contributed by atoms with Gasteiger partial charge in [0.15, 0.2) is 11.7 Å². The molecule has 5 N–H and O–H groups in total. The van der Waals surface area contributed by atoms with Crippen LogP contribution in [-0.4, -0.2) is 43.7 Å². The minimum absolute atomic E-state index is 0. The number of furan rings is 1. The topological polar surface area (TPSA) is 131 Å². The van der Waals surface area contributed by atoms with E-state index in [1.54, 1.807) is 13.1 Å². The quantitative estimate of drug-likeness (QED) is 0.203. The number of carbonyl (C=O) groups excluding carboxylic acids is 2. The molecule has 0 radical (unpaired) electrons. The number of hydrogen-bond donors (Lipinski definition) is 4. The monoisotopic (exact) mass is 481 g/mol. The van der Waals surface area contributed by atoms with Crippen molar-refractivity contribution in [3.8, 4) is 0 Å². The van der Waals surface area contributed by atoms with Crippen molar-refractivity contribution in [1.82, 2.24) is 16.0 Å². The fraction of sp³-hybridized carbons (Fsp3) is 0.562. The molecule has 0 saturated heterocycles. The minimum Gasteiger partial charge on any atom is -0.454 e. The standard InChI is InChI=1S/C16H27N5O4.HI/c1-16(2,3)25-15(23)20-9-5-8-19-14(18-4)21-10-11-6-7-12(24-11)13(17)22;/h6-7H,5,8-10H2,1-4H3,(H2,17,22)(H,20,23)(H2,18,19,21);1H. The Kier molecular flexibility index (Phi) is 10.7. The van der Waals surface area contributed by atoms with Crippen LogP contribution in [0.2, 0.25) is 0 Å². The van der Waals surface area contributed by atoms with Gasteiger partial charge in [0, 0.05) is 20.1 Å². The molecular weight excluding hydrogens is 453 g/mol. The fourth-order valence-corrected chi connectivity index (χ4v) is 1.80. The van der Waals surface area contributed by atoms with Crippen LogP contribution in [0.3, 0.4) is 0 Å². The lowest BCUT2D eigenvalue weighted by molar-refractivity contribution is 0.0527. The molecule has 26 heavy (non-hydrogen) atoms. The summed E-state index contributed by atoms with van der Waals surface area (Å²) in [7, 11) is 1.64. The fourth-order valence-electron chi connectivity index (χ4n) is 1.80. The van der Waals surface area contributed by atoms with Crippen LogP contribution in [0.25, 0.3) is 0 Å². The highest BCUT2D eigenvalue weighted by atomic mass is 127. The van der Waals surface area contributed by atoms with Crippen LogP contribution in [0, 0.1) is 0 Å². The van der Waals surface area contributed by atoms with E-state index in [9.17, 15) is 9.59 Å². The van der Waals surface area contributed by atoms with Gasteiger partial charge in [-0.1, -0.05) is 0 Å². The molecule has 9 nitrogen and oxygen atoms in total. The zero-order chi connectivity index (χ0) is 18.9. The van der Waals surface area contributed by atoms with Crippen molar-refractivity contribution >= 4 is 41.9 Å². The number of nitrogens with two attached hydrogens (primary N) is 1. The average Bonchev–Trinajstić information content (AvgIpc) is 2.97. The molecule has 10 heteroatoms. The molecule has 2 amide bonds. The molecule has 0 saturated carbocycles. The van der Waals surface area contributed by atoms with Crippen LogP contribution in [-0.2, 0) is 11.3 Å². The lowest BCUT2D eigenvalue weighted by Crippen LogP contribution is -2.39. The molecule has 0 aliphatic carbocycles. The number of guanidine groups is 1. The minimum atomic E-state index is -0.605. The summed E-state index contributed by atoms with van der Waals surface area (Å²) >= 11 is 0. The van der Waals surface area contributed by atoms with Crippen LogP contribution in [0.15, 0.2) is 21.5 Å². The van der Waals surface area contributed by atoms with E-state index in [0.29, 0.717) is 37.8 Å². The van der Waals surface area contributed by atoms with Gasteiger partial charge < -0.3 is 30.8 Å². The highest BCUT2D eigenvalue weighted by Gasteiger charge is 2.15. The number of nitrogens with one attached hydrogen (secondary N) is 3. The van der Waals surface area contributed by atoms with Gasteiger partial charge in [-0.15, -0.1) is 24.0 Å². The SMILES string of the molecule is CN=C(NCCCNC(=O)OC(C)(C)C)NCc1ccc(C(N)=O)o1.I. The van der Waals surface area contributed by atoms with E-state index in [4.69, 9.17) is 14.9 Å². The number of primary amides is 1. The van der Waals surface area contributed by atoms with Gasteiger partial charge >= 0.3 is 6.09 Å². The lowest BCUT2D eigenvalue weighted by atomic mass is 10.2. The first-order valence-corrected chi connectivity index (χ1v) is 8.01. The first-order chi connectivity index (χ1) is 11.7. The molecule has 0 aromatic carbocycles. The summed E-state index contributed by atoms with van der Waals surface area (Å²) < 4.78 is 10.4. The Morgan fingerprint density at radius 1 is 1.19 bits per heavy atom. The van der Waals surface area contributed by atoms with E-state index in [1.807, 2.05) is 20.8 Å². The largest absolute Gasteiger partial charge is 0.454 e. The van der Waals surface area contributed by atoms with E-state index in [2.05, 4.69) is 20.9 Å². The van der Waals surface area contributed by atoms with E-state index >= 15 is 0 Å².